The fourth-order valence-electron chi connectivity index (χ4n) is 3.40. The average Bonchev–Trinajstić information content (AvgIpc) is 3.24. The molecule has 0 spiro atoms. The molecule has 1 saturated heterocycles. The molecule has 1 unspecified atom stereocenters. The van der Waals surface area contributed by atoms with Crippen molar-refractivity contribution in [2.45, 2.75) is 58.3 Å². The van der Waals surface area contributed by atoms with E-state index in [1.54, 1.807) is 23.5 Å². The highest BCUT2D eigenvalue weighted by Crippen LogP contribution is 2.26. The molecule has 1 fully saturated rings. The number of carbonyl (C=O) groups is 2. The van der Waals surface area contributed by atoms with Crippen LogP contribution >= 0.6 is 11.3 Å². The van der Waals surface area contributed by atoms with Gasteiger partial charge in [0.05, 0.1) is 19.3 Å². The van der Waals surface area contributed by atoms with E-state index in [0.29, 0.717) is 18.7 Å². The molecule has 0 saturated carbocycles. The number of aliphatic hydroxyl groups is 1. The predicted octanol–water partition coefficient (Wildman–Crippen LogP) is 4.31. The monoisotopic (exact) mass is 416 g/mol. The molecule has 3 rings (SSSR count). The Kier molecular flexibility index (Phi) is 7.41. The SMILES string of the molecule is CCCCCC(O)c1ccc(N2C(=O)NC(=O)[C@@H]2COCc2ccc(C)s2)cc1. The van der Waals surface area contributed by atoms with Gasteiger partial charge in [-0.15, -0.1) is 11.3 Å². The van der Waals surface area contributed by atoms with E-state index in [0.717, 1.165) is 29.7 Å². The molecular weight excluding hydrogens is 388 g/mol. The number of aryl methyl sites for hydroxylation is 1. The Hall–Kier alpha value is -2.22. The molecule has 3 amide bonds. The first kappa shape index (κ1) is 21.5. The van der Waals surface area contributed by atoms with Gasteiger partial charge in [0, 0.05) is 15.4 Å². The summed E-state index contributed by atoms with van der Waals surface area (Å²) in [6.07, 6.45) is 3.38. The highest BCUT2D eigenvalue weighted by atomic mass is 32.1. The molecule has 7 heteroatoms. The number of urea groups is 1. The van der Waals surface area contributed by atoms with Crippen LogP contribution in [-0.4, -0.2) is 29.7 Å². The van der Waals surface area contributed by atoms with Crippen LogP contribution in [0.2, 0.25) is 0 Å². The van der Waals surface area contributed by atoms with Gasteiger partial charge in [-0.3, -0.25) is 15.0 Å². The zero-order valence-corrected chi connectivity index (χ0v) is 17.7. The summed E-state index contributed by atoms with van der Waals surface area (Å²) in [6, 6.07) is 10.0. The number of thiophene rings is 1. The zero-order valence-electron chi connectivity index (χ0n) is 16.9. The lowest BCUT2D eigenvalue weighted by Crippen LogP contribution is -2.38. The van der Waals surface area contributed by atoms with Crippen LogP contribution in [0.1, 0.15) is 54.0 Å². The predicted molar refractivity (Wildman–Crippen MR) is 114 cm³/mol. The van der Waals surface area contributed by atoms with Crippen LogP contribution in [0.15, 0.2) is 36.4 Å². The second-order valence-corrected chi connectivity index (χ2v) is 8.68. The Balaban J connectivity index is 1.63. The van der Waals surface area contributed by atoms with E-state index in [2.05, 4.69) is 12.2 Å². The molecule has 6 nitrogen and oxygen atoms in total. The van der Waals surface area contributed by atoms with Gasteiger partial charge in [0.1, 0.15) is 6.04 Å². The number of hydrogen-bond donors (Lipinski definition) is 2. The van der Waals surface area contributed by atoms with E-state index in [9.17, 15) is 14.7 Å². The number of benzene rings is 1. The molecule has 1 aliphatic rings. The summed E-state index contributed by atoms with van der Waals surface area (Å²) in [5.74, 6) is -0.360. The number of amides is 3. The second-order valence-electron chi connectivity index (χ2n) is 7.31. The van der Waals surface area contributed by atoms with Crippen molar-refractivity contribution >= 4 is 29.0 Å². The van der Waals surface area contributed by atoms with Crippen molar-refractivity contribution in [2.75, 3.05) is 11.5 Å². The standard InChI is InChI=1S/C22H28N2O4S/c1-3-4-5-6-20(25)16-8-10-17(11-9-16)24-19(21(26)23-22(24)27)14-28-13-18-12-7-15(2)29-18/h7-12,19-20,25H,3-6,13-14H2,1-2H3,(H,23,26,27)/t19-,20?/m0/s1. The fourth-order valence-corrected chi connectivity index (χ4v) is 4.23. The van der Waals surface area contributed by atoms with Gasteiger partial charge in [0.15, 0.2) is 0 Å². The van der Waals surface area contributed by atoms with Crippen molar-refractivity contribution in [3.8, 4) is 0 Å². The maximum absolute atomic E-state index is 12.3. The molecular formula is C22H28N2O4S. The van der Waals surface area contributed by atoms with Gasteiger partial charge in [0.25, 0.3) is 5.91 Å². The zero-order chi connectivity index (χ0) is 20.8. The summed E-state index contributed by atoms with van der Waals surface area (Å²) < 4.78 is 5.72. The smallest absolute Gasteiger partial charge is 0.329 e. The van der Waals surface area contributed by atoms with E-state index in [4.69, 9.17) is 4.74 Å². The molecule has 2 heterocycles. The number of nitrogens with one attached hydrogen (secondary N) is 1. The molecule has 1 aromatic carbocycles. The number of unbranched alkanes of at least 4 members (excludes halogenated alkanes) is 2. The lowest BCUT2D eigenvalue weighted by Gasteiger charge is -2.22. The third kappa shape index (κ3) is 5.44. The van der Waals surface area contributed by atoms with Crippen molar-refractivity contribution in [2.24, 2.45) is 0 Å². The Morgan fingerprint density at radius 2 is 1.93 bits per heavy atom. The molecule has 2 N–H and O–H groups in total. The number of hydrogen-bond acceptors (Lipinski definition) is 5. The summed E-state index contributed by atoms with van der Waals surface area (Å²) >= 11 is 1.65. The van der Waals surface area contributed by atoms with Crippen LogP contribution in [0.3, 0.4) is 0 Å². The third-order valence-electron chi connectivity index (χ3n) is 5.02. The van der Waals surface area contributed by atoms with E-state index in [-0.39, 0.29) is 12.5 Å². The quantitative estimate of drug-likeness (QED) is 0.447. The van der Waals surface area contributed by atoms with Crippen LogP contribution in [-0.2, 0) is 16.1 Å². The normalized spacial score (nSPS) is 17.6. The van der Waals surface area contributed by atoms with Crippen molar-refractivity contribution < 1.29 is 19.4 Å². The summed E-state index contributed by atoms with van der Waals surface area (Å²) in [5, 5.41) is 12.7. The van der Waals surface area contributed by atoms with Gasteiger partial charge in [-0.25, -0.2) is 4.79 Å². The van der Waals surface area contributed by atoms with E-state index >= 15 is 0 Å². The first-order valence-corrected chi connectivity index (χ1v) is 10.9. The summed E-state index contributed by atoms with van der Waals surface area (Å²) in [5.41, 5.74) is 1.43. The number of anilines is 1. The fraction of sp³-hybridized carbons (Fsp3) is 0.455. The molecule has 0 aliphatic carbocycles. The van der Waals surface area contributed by atoms with Crippen molar-refractivity contribution in [1.82, 2.24) is 5.32 Å². The molecule has 1 aliphatic heterocycles. The van der Waals surface area contributed by atoms with Gasteiger partial charge in [0.2, 0.25) is 0 Å². The minimum atomic E-state index is -0.705. The van der Waals surface area contributed by atoms with E-state index in [1.807, 2.05) is 31.2 Å². The Morgan fingerprint density at radius 1 is 1.17 bits per heavy atom. The third-order valence-corrected chi connectivity index (χ3v) is 5.99. The minimum Gasteiger partial charge on any atom is -0.388 e. The van der Waals surface area contributed by atoms with Gasteiger partial charge < -0.3 is 9.84 Å². The number of aliphatic hydroxyl groups excluding tert-OH is 1. The summed E-state index contributed by atoms with van der Waals surface area (Å²) in [7, 11) is 0. The molecule has 2 aromatic rings. The lowest BCUT2D eigenvalue weighted by molar-refractivity contribution is -0.121. The maximum atomic E-state index is 12.3. The Bertz CT molecular complexity index is 834. The number of ether oxygens (including phenoxy) is 1. The summed E-state index contributed by atoms with van der Waals surface area (Å²) in [6.45, 7) is 4.69. The molecule has 1 aromatic heterocycles. The molecule has 0 radical (unpaired) electrons. The van der Waals surface area contributed by atoms with Gasteiger partial charge in [-0.1, -0.05) is 38.3 Å². The van der Waals surface area contributed by atoms with E-state index < -0.39 is 18.2 Å². The Labute approximate surface area is 175 Å². The van der Waals surface area contributed by atoms with Crippen LogP contribution in [0, 0.1) is 6.92 Å². The van der Waals surface area contributed by atoms with E-state index in [1.165, 1.54) is 9.78 Å². The minimum absolute atomic E-state index is 0.121. The van der Waals surface area contributed by atoms with Gasteiger partial charge in [-0.2, -0.15) is 0 Å². The van der Waals surface area contributed by atoms with Crippen molar-refractivity contribution in [3.63, 3.8) is 0 Å². The number of imide groups is 1. The lowest BCUT2D eigenvalue weighted by atomic mass is 10.0. The average molecular weight is 417 g/mol. The maximum Gasteiger partial charge on any atom is 0.329 e. The Morgan fingerprint density at radius 3 is 2.59 bits per heavy atom. The molecule has 0 bridgehead atoms. The van der Waals surface area contributed by atoms with Crippen LogP contribution in [0.5, 0.6) is 0 Å². The molecule has 29 heavy (non-hydrogen) atoms. The number of rotatable bonds is 10. The van der Waals surface area contributed by atoms with Crippen LogP contribution in [0.25, 0.3) is 0 Å². The molecule has 2 atom stereocenters. The summed E-state index contributed by atoms with van der Waals surface area (Å²) in [4.78, 5) is 28.3. The topological polar surface area (TPSA) is 78.9 Å². The van der Waals surface area contributed by atoms with Crippen LogP contribution in [0.4, 0.5) is 10.5 Å². The van der Waals surface area contributed by atoms with Gasteiger partial charge in [-0.05, 0) is 43.2 Å². The van der Waals surface area contributed by atoms with Gasteiger partial charge >= 0.3 is 6.03 Å². The largest absolute Gasteiger partial charge is 0.388 e. The number of nitrogens with zero attached hydrogens (tertiary/aromatic N) is 1. The van der Waals surface area contributed by atoms with Crippen molar-refractivity contribution in [3.05, 3.63) is 51.7 Å². The first-order valence-electron chi connectivity index (χ1n) is 10.0. The number of carbonyl (C=O) groups excluding carboxylic acids is 2. The van der Waals surface area contributed by atoms with Crippen molar-refractivity contribution in [1.29, 1.82) is 0 Å². The first-order chi connectivity index (χ1) is 14.0. The highest BCUT2D eigenvalue weighted by molar-refractivity contribution is 7.11. The molecule has 156 valence electrons. The highest BCUT2D eigenvalue weighted by Gasteiger charge is 2.39. The second kappa shape index (κ2) is 10.0. The van der Waals surface area contributed by atoms with Crippen LogP contribution < -0.4 is 10.2 Å².